The lowest BCUT2D eigenvalue weighted by Gasteiger charge is -2.11. The molecule has 0 radical (unpaired) electrons. The first-order chi connectivity index (χ1) is 11.1. The van der Waals surface area contributed by atoms with Crippen LogP contribution in [0.4, 0.5) is 5.82 Å². The van der Waals surface area contributed by atoms with Crippen LogP contribution < -0.4 is 10.6 Å². The molecule has 0 bridgehead atoms. The first kappa shape index (κ1) is 16.9. The summed E-state index contributed by atoms with van der Waals surface area (Å²) in [4.78, 5) is 21.2. The van der Waals surface area contributed by atoms with Crippen LogP contribution in [-0.2, 0) is 0 Å². The number of nitrogens with one attached hydrogen (secondary N) is 2. The minimum atomic E-state index is -0.182. The molecule has 0 fully saturated rings. The van der Waals surface area contributed by atoms with Crippen LogP contribution in [0.15, 0.2) is 36.4 Å². The second kappa shape index (κ2) is 8.27. The topological polar surface area (TPSA) is 66.9 Å². The standard InChI is InChI=1S/C18H24N4O/c1-4-5-11-19-16-12-15(18(23)20-13(2)3)21-17(22-16)14-9-7-6-8-10-14/h6-10,12-13H,4-5,11H2,1-3H3,(H,20,23)(H,19,21,22). The van der Waals surface area contributed by atoms with Crippen molar-refractivity contribution < 1.29 is 4.79 Å². The van der Waals surface area contributed by atoms with Crippen LogP contribution in [0.3, 0.4) is 0 Å². The van der Waals surface area contributed by atoms with E-state index in [0.717, 1.165) is 24.9 Å². The smallest absolute Gasteiger partial charge is 0.270 e. The molecule has 1 heterocycles. The van der Waals surface area contributed by atoms with Gasteiger partial charge in [0, 0.05) is 24.2 Å². The highest BCUT2D eigenvalue weighted by Crippen LogP contribution is 2.18. The molecule has 0 atom stereocenters. The van der Waals surface area contributed by atoms with Crippen LogP contribution in [0.5, 0.6) is 0 Å². The number of rotatable bonds is 7. The molecule has 5 nitrogen and oxygen atoms in total. The number of carbonyl (C=O) groups is 1. The van der Waals surface area contributed by atoms with Gasteiger partial charge in [-0.3, -0.25) is 4.79 Å². The van der Waals surface area contributed by atoms with E-state index in [1.54, 1.807) is 6.07 Å². The van der Waals surface area contributed by atoms with E-state index >= 15 is 0 Å². The lowest BCUT2D eigenvalue weighted by molar-refractivity contribution is 0.0938. The van der Waals surface area contributed by atoms with Gasteiger partial charge >= 0.3 is 0 Å². The number of amides is 1. The van der Waals surface area contributed by atoms with Gasteiger partial charge in [0.25, 0.3) is 5.91 Å². The van der Waals surface area contributed by atoms with Gasteiger partial charge in [-0.1, -0.05) is 43.7 Å². The van der Waals surface area contributed by atoms with Crippen LogP contribution in [0.2, 0.25) is 0 Å². The summed E-state index contributed by atoms with van der Waals surface area (Å²) >= 11 is 0. The van der Waals surface area contributed by atoms with Crippen LogP contribution in [0, 0.1) is 0 Å². The van der Waals surface area contributed by atoms with Crippen molar-refractivity contribution in [2.45, 2.75) is 39.7 Å². The quantitative estimate of drug-likeness (QED) is 0.768. The van der Waals surface area contributed by atoms with Crippen LogP contribution in [-0.4, -0.2) is 28.5 Å². The summed E-state index contributed by atoms with van der Waals surface area (Å²) in [6.07, 6.45) is 2.16. The third-order valence-corrected chi connectivity index (χ3v) is 3.25. The van der Waals surface area contributed by atoms with Gasteiger partial charge in [0.2, 0.25) is 0 Å². The molecule has 122 valence electrons. The summed E-state index contributed by atoms with van der Waals surface area (Å²) < 4.78 is 0. The Kier molecular flexibility index (Phi) is 6.09. The summed E-state index contributed by atoms with van der Waals surface area (Å²) in [6.45, 7) is 6.82. The highest BCUT2D eigenvalue weighted by molar-refractivity contribution is 5.93. The predicted molar refractivity (Wildman–Crippen MR) is 93.5 cm³/mol. The Labute approximate surface area is 137 Å². The molecule has 1 amide bonds. The zero-order valence-electron chi connectivity index (χ0n) is 14.0. The molecule has 0 unspecified atom stereocenters. The molecule has 0 spiro atoms. The number of unbranched alkanes of at least 4 members (excludes halogenated alkanes) is 1. The van der Waals surface area contributed by atoms with E-state index < -0.39 is 0 Å². The fourth-order valence-electron chi connectivity index (χ4n) is 2.10. The molecule has 0 aliphatic rings. The molecular weight excluding hydrogens is 288 g/mol. The van der Waals surface area contributed by atoms with Gasteiger partial charge in [-0.25, -0.2) is 9.97 Å². The molecule has 0 saturated carbocycles. The maximum Gasteiger partial charge on any atom is 0.270 e. The van der Waals surface area contributed by atoms with Gasteiger partial charge in [0.1, 0.15) is 11.5 Å². The Bertz CT molecular complexity index is 641. The minimum Gasteiger partial charge on any atom is -0.370 e. The summed E-state index contributed by atoms with van der Waals surface area (Å²) in [5, 5.41) is 6.15. The van der Waals surface area contributed by atoms with Gasteiger partial charge in [-0.15, -0.1) is 0 Å². The zero-order valence-corrected chi connectivity index (χ0v) is 14.0. The van der Waals surface area contributed by atoms with Gasteiger partial charge in [0.05, 0.1) is 0 Å². The fourth-order valence-corrected chi connectivity index (χ4v) is 2.10. The number of aromatic nitrogens is 2. The predicted octanol–water partition coefficient (Wildman–Crippen LogP) is 3.49. The molecule has 5 heteroatoms. The minimum absolute atomic E-state index is 0.0640. The Morgan fingerprint density at radius 3 is 2.57 bits per heavy atom. The number of nitrogens with zero attached hydrogens (tertiary/aromatic N) is 2. The van der Waals surface area contributed by atoms with Crippen LogP contribution in [0.1, 0.15) is 44.1 Å². The van der Waals surface area contributed by atoms with Crippen molar-refractivity contribution in [1.29, 1.82) is 0 Å². The third kappa shape index (κ3) is 5.06. The molecular formula is C18H24N4O. The molecule has 2 rings (SSSR count). The van der Waals surface area contributed by atoms with E-state index in [1.165, 1.54) is 0 Å². The number of hydrogen-bond donors (Lipinski definition) is 2. The van der Waals surface area contributed by atoms with E-state index in [-0.39, 0.29) is 11.9 Å². The van der Waals surface area contributed by atoms with E-state index in [1.807, 2.05) is 44.2 Å². The number of hydrogen-bond acceptors (Lipinski definition) is 4. The molecule has 2 N–H and O–H groups in total. The van der Waals surface area contributed by atoms with Crippen molar-refractivity contribution in [1.82, 2.24) is 15.3 Å². The Morgan fingerprint density at radius 1 is 1.17 bits per heavy atom. The molecule has 1 aromatic heterocycles. The molecule has 23 heavy (non-hydrogen) atoms. The van der Waals surface area contributed by atoms with Crippen molar-refractivity contribution in [3.05, 3.63) is 42.1 Å². The molecule has 0 aliphatic carbocycles. The van der Waals surface area contributed by atoms with Gasteiger partial charge in [-0.2, -0.15) is 0 Å². The maximum absolute atomic E-state index is 12.3. The van der Waals surface area contributed by atoms with Gasteiger partial charge in [-0.05, 0) is 20.3 Å². The first-order valence-electron chi connectivity index (χ1n) is 8.09. The Hall–Kier alpha value is -2.43. The van der Waals surface area contributed by atoms with Crippen LogP contribution >= 0.6 is 0 Å². The molecule has 0 aliphatic heterocycles. The highest BCUT2D eigenvalue weighted by Gasteiger charge is 2.13. The summed E-state index contributed by atoms with van der Waals surface area (Å²) in [5.74, 6) is 1.06. The SMILES string of the molecule is CCCCNc1cc(C(=O)NC(C)C)nc(-c2ccccc2)n1. The summed E-state index contributed by atoms with van der Waals surface area (Å²) in [7, 11) is 0. The van der Waals surface area contributed by atoms with E-state index in [0.29, 0.717) is 17.3 Å². The summed E-state index contributed by atoms with van der Waals surface area (Å²) in [6, 6.07) is 11.5. The van der Waals surface area contributed by atoms with Gasteiger partial charge in [0.15, 0.2) is 5.82 Å². The van der Waals surface area contributed by atoms with E-state index in [9.17, 15) is 4.79 Å². The lowest BCUT2D eigenvalue weighted by atomic mass is 10.2. The number of benzene rings is 1. The largest absolute Gasteiger partial charge is 0.370 e. The highest BCUT2D eigenvalue weighted by atomic mass is 16.1. The average Bonchev–Trinajstić information content (AvgIpc) is 2.55. The molecule has 1 aromatic carbocycles. The average molecular weight is 312 g/mol. The van der Waals surface area contributed by atoms with E-state index in [2.05, 4.69) is 27.5 Å². The van der Waals surface area contributed by atoms with Crippen molar-refractivity contribution in [3.63, 3.8) is 0 Å². The Morgan fingerprint density at radius 2 is 1.91 bits per heavy atom. The zero-order chi connectivity index (χ0) is 16.7. The van der Waals surface area contributed by atoms with E-state index in [4.69, 9.17) is 0 Å². The normalized spacial score (nSPS) is 10.6. The fraction of sp³-hybridized carbons (Fsp3) is 0.389. The first-order valence-corrected chi connectivity index (χ1v) is 8.09. The lowest BCUT2D eigenvalue weighted by Crippen LogP contribution is -2.31. The second-order valence-corrected chi connectivity index (χ2v) is 5.74. The third-order valence-electron chi connectivity index (χ3n) is 3.25. The van der Waals surface area contributed by atoms with Crippen molar-refractivity contribution >= 4 is 11.7 Å². The number of anilines is 1. The van der Waals surface area contributed by atoms with Crippen molar-refractivity contribution in [3.8, 4) is 11.4 Å². The van der Waals surface area contributed by atoms with Crippen molar-refractivity contribution in [2.24, 2.45) is 0 Å². The maximum atomic E-state index is 12.3. The second-order valence-electron chi connectivity index (χ2n) is 5.74. The van der Waals surface area contributed by atoms with Crippen molar-refractivity contribution in [2.75, 3.05) is 11.9 Å². The molecule has 2 aromatic rings. The summed E-state index contributed by atoms with van der Waals surface area (Å²) in [5.41, 5.74) is 1.27. The number of carbonyl (C=O) groups excluding carboxylic acids is 1. The monoisotopic (exact) mass is 312 g/mol. The Balaban J connectivity index is 2.33. The van der Waals surface area contributed by atoms with Gasteiger partial charge < -0.3 is 10.6 Å². The molecule has 0 saturated heterocycles. The van der Waals surface area contributed by atoms with Crippen LogP contribution in [0.25, 0.3) is 11.4 Å².